The zero-order valence-electron chi connectivity index (χ0n) is 12.4. The molecule has 0 bridgehead atoms. The third kappa shape index (κ3) is 3.72. The van der Waals surface area contributed by atoms with Crippen LogP contribution in [-0.2, 0) is 9.53 Å². The third-order valence-electron chi connectivity index (χ3n) is 3.84. The molecule has 2 atom stereocenters. The normalized spacial score (nSPS) is 19.1. The van der Waals surface area contributed by atoms with Crippen LogP contribution >= 0.6 is 0 Å². The molecule has 1 aromatic carbocycles. The molecular formula is C15H22N2O4. The van der Waals surface area contributed by atoms with Crippen molar-refractivity contribution in [3.8, 4) is 0 Å². The molecule has 21 heavy (non-hydrogen) atoms. The number of nitrogens with zero attached hydrogens (tertiary/aromatic N) is 2. The minimum absolute atomic E-state index is 0.491. The van der Waals surface area contributed by atoms with Crippen LogP contribution in [0.5, 0.6) is 0 Å². The fourth-order valence-corrected chi connectivity index (χ4v) is 2.38. The topological polar surface area (TPSA) is 73.2 Å². The molecule has 1 saturated heterocycles. The minimum Gasteiger partial charge on any atom is -0.467 e. The molecule has 6 heteroatoms. The van der Waals surface area contributed by atoms with Crippen LogP contribution in [0.15, 0.2) is 24.3 Å². The number of esters is 1. The van der Waals surface area contributed by atoms with Gasteiger partial charge in [-0.25, -0.2) is 4.79 Å². The maximum absolute atomic E-state index is 11.2. The van der Waals surface area contributed by atoms with Crippen molar-refractivity contribution in [1.82, 2.24) is 4.90 Å². The second-order valence-electron chi connectivity index (χ2n) is 5.29. The van der Waals surface area contributed by atoms with Gasteiger partial charge >= 0.3 is 5.97 Å². The van der Waals surface area contributed by atoms with Gasteiger partial charge in [-0.15, -0.1) is 0 Å². The summed E-state index contributed by atoms with van der Waals surface area (Å²) >= 11 is 0. The molecule has 0 aromatic heterocycles. The van der Waals surface area contributed by atoms with E-state index in [2.05, 4.69) is 21.6 Å². The molecule has 116 valence electrons. The average Bonchev–Trinajstić information content (AvgIpc) is 2.53. The first kappa shape index (κ1) is 15.8. The lowest BCUT2D eigenvalue weighted by molar-refractivity contribution is -0.156. The van der Waals surface area contributed by atoms with Crippen molar-refractivity contribution < 1.29 is 19.7 Å². The summed E-state index contributed by atoms with van der Waals surface area (Å²) in [4.78, 5) is 15.8. The van der Waals surface area contributed by atoms with E-state index in [9.17, 15) is 15.0 Å². The fourth-order valence-electron chi connectivity index (χ4n) is 2.38. The first-order valence-corrected chi connectivity index (χ1v) is 7.00. The summed E-state index contributed by atoms with van der Waals surface area (Å²) in [5.41, 5.74) is 1.57. The number of piperazine rings is 1. The number of likely N-dealkylation sites (N-methyl/N-ethyl adjacent to an activating group) is 1. The number of carbonyl (C=O) groups excluding carboxylic acids is 1. The Morgan fingerprint density at radius 2 is 1.71 bits per heavy atom. The highest BCUT2D eigenvalue weighted by Gasteiger charge is 2.26. The summed E-state index contributed by atoms with van der Waals surface area (Å²) in [5.74, 6) is -0.842. The number of aliphatic hydroxyl groups is 2. The van der Waals surface area contributed by atoms with Crippen LogP contribution in [0, 0.1) is 0 Å². The Hall–Kier alpha value is -1.63. The van der Waals surface area contributed by atoms with E-state index < -0.39 is 18.2 Å². The SMILES string of the molecule is COC(=O)C(O)C(O)c1ccc(N2CCN(C)CC2)cc1. The standard InChI is InChI=1S/C15H22N2O4/c1-16-7-9-17(10-8-16)12-5-3-11(4-6-12)13(18)14(19)15(20)21-2/h3-6,13-14,18-19H,7-10H2,1-2H3. The summed E-state index contributed by atoms with van der Waals surface area (Å²) in [6, 6.07) is 7.25. The Balaban J connectivity index is 2.03. The van der Waals surface area contributed by atoms with E-state index in [-0.39, 0.29) is 0 Å². The lowest BCUT2D eigenvalue weighted by Crippen LogP contribution is -2.44. The van der Waals surface area contributed by atoms with Crippen LogP contribution in [0.1, 0.15) is 11.7 Å². The van der Waals surface area contributed by atoms with Gasteiger partial charge < -0.3 is 24.7 Å². The lowest BCUT2D eigenvalue weighted by atomic mass is 10.0. The van der Waals surface area contributed by atoms with Crippen molar-refractivity contribution in [2.24, 2.45) is 0 Å². The Morgan fingerprint density at radius 3 is 2.24 bits per heavy atom. The van der Waals surface area contributed by atoms with Crippen molar-refractivity contribution in [2.45, 2.75) is 12.2 Å². The Labute approximate surface area is 124 Å². The van der Waals surface area contributed by atoms with Crippen LogP contribution in [0.2, 0.25) is 0 Å². The maximum atomic E-state index is 11.2. The molecule has 0 radical (unpaired) electrons. The molecule has 1 heterocycles. The summed E-state index contributed by atoms with van der Waals surface area (Å²) < 4.78 is 4.42. The van der Waals surface area contributed by atoms with Gasteiger partial charge in [-0.2, -0.15) is 0 Å². The molecule has 1 fully saturated rings. The number of anilines is 1. The van der Waals surface area contributed by atoms with Crippen molar-refractivity contribution in [1.29, 1.82) is 0 Å². The van der Waals surface area contributed by atoms with E-state index in [1.165, 1.54) is 7.11 Å². The van der Waals surface area contributed by atoms with Crippen molar-refractivity contribution in [3.63, 3.8) is 0 Å². The monoisotopic (exact) mass is 294 g/mol. The first-order chi connectivity index (χ1) is 10.0. The number of aliphatic hydroxyl groups excluding tert-OH is 2. The second-order valence-corrected chi connectivity index (χ2v) is 5.29. The van der Waals surface area contributed by atoms with E-state index in [4.69, 9.17) is 0 Å². The van der Waals surface area contributed by atoms with Gasteiger partial charge in [0.2, 0.25) is 0 Å². The Kier molecular flexibility index (Phi) is 5.17. The van der Waals surface area contributed by atoms with Gasteiger partial charge in [0.1, 0.15) is 6.10 Å². The van der Waals surface area contributed by atoms with E-state index in [1.807, 2.05) is 12.1 Å². The third-order valence-corrected chi connectivity index (χ3v) is 3.84. The number of hydrogen-bond acceptors (Lipinski definition) is 6. The first-order valence-electron chi connectivity index (χ1n) is 7.00. The van der Waals surface area contributed by atoms with E-state index in [0.29, 0.717) is 5.56 Å². The van der Waals surface area contributed by atoms with Gasteiger partial charge in [0.25, 0.3) is 0 Å². The summed E-state index contributed by atoms with van der Waals surface area (Å²) in [7, 11) is 3.28. The molecule has 1 aliphatic heterocycles. The summed E-state index contributed by atoms with van der Waals surface area (Å²) in [5, 5.41) is 19.6. The molecule has 2 rings (SSSR count). The summed E-state index contributed by atoms with van der Waals surface area (Å²) in [6.45, 7) is 3.96. The number of carbonyl (C=O) groups is 1. The van der Waals surface area contributed by atoms with Gasteiger partial charge in [-0.3, -0.25) is 0 Å². The average molecular weight is 294 g/mol. The fraction of sp³-hybridized carbons (Fsp3) is 0.533. The minimum atomic E-state index is -1.57. The van der Waals surface area contributed by atoms with Crippen molar-refractivity contribution >= 4 is 11.7 Å². The maximum Gasteiger partial charge on any atom is 0.337 e. The van der Waals surface area contributed by atoms with Crippen LogP contribution in [-0.4, -0.2) is 67.5 Å². The van der Waals surface area contributed by atoms with Crippen molar-refractivity contribution in [3.05, 3.63) is 29.8 Å². The number of benzene rings is 1. The zero-order valence-corrected chi connectivity index (χ0v) is 12.4. The molecule has 0 spiro atoms. The van der Waals surface area contributed by atoms with Crippen LogP contribution in [0.25, 0.3) is 0 Å². The van der Waals surface area contributed by atoms with E-state index in [1.54, 1.807) is 12.1 Å². The predicted molar refractivity (Wildman–Crippen MR) is 79.1 cm³/mol. The molecule has 6 nitrogen and oxygen atoms in total. The Bertz CT molecular complexity index is 469. The molecule has 1 aromatic rings. The van der Waals surface area contributed by atoms with Gasteiger partial charge in [-0.1, -0.05) is 12.1 Å². The van der Waals surface area contributed by atoms with Crippen LogP contribution in [0.4, 0.5) is 5.69 Å². The predicted octanol–water partition coefficient (Wildman–Crippen LogP) is 0.00570. The molecule has 2 unspecified atom stereocenters. The molecular weight excluding hydrogens is 272 g/mol. The highest BCUT2D eigenvalue weighted by molar-refractivity contribution is 5.75. The molecule has 1 aliphatic rings. The molecule has 0 amide bonds. The zero-order chi connectivity index (χ0) is 15.4. The molecule has 2 N–H and O–H groups in total. The van der Waals surface area contributed by atoms with Gasteiger partial charge in [-0.05, 0) is 24.7 Å². The number of rotatable bonds is 4. The van der Waals surface area contributed by atoms with Crippen molar-refractivity contribution in [2.75, 3.05) is 45.2 Å². The summed E-state index contributed by atoms with van der Waals surface area (Å²) in [6.07, 6.45) is -2.84. The lowest BCUT2D eigenvalue weighted by Gasteiger charge is -2.34. The Morgan fingerprint density at radius 1 is 1.14 bits per heavy atom. The quantitative estimate of drug-likeness (QED) is 0.762. The van der Waals surface area contributed by atoms with Gasteiger partial charge in [0.05, 0.1) is 7.11 Å². The van der Waals surface area contributed by atoms with Gasteiger partial charge in [0, 0.05) is 31.9 Å². The van der Waals surface area contributed by atoms with E-state index in [0.717, 1.165) is 31.9 Å². The highest BCUT2D eigenvalue weighted by atomic mass is 16.5. The van der Waals surface area contributed by atoms with Crippen LogP contribution in [0.3, 0.4) is 0 Å². The number of methoxy groups -OCH3 is 1. The highest BCUT2D eigenvalue weighted by Crippen LogP contribution is 2.22. The number of ether oxygens (including phenoxy) is 1. The molecule has 0 aliphatic carbocycles. The molecule has 0 saturated carbocycles. The second kappa shape index (κ2) is 6.89. The van der Waals surface area contributed by atoms with E-state index >= 15 is 0 Å². The number of hydrogen-bond donors (Lipinski definition) is 2. The smallest absolute Gasteiger partial charge is 0.337 e. The van der Waals surface area contributed by atoms with Crippen LogP contribution < -0.4 is 4.90 Å². The largest absolute Gasteiger partial charge is 0.467 e. The van der Waals surface area contributed by atoms with Gasteiger partial charge in [0.15, 0.2) is 6.10 Å².